The third-order valence-corrected chi connectivity index (χ3v) is 5.64. The van der Waals surface area contributed by atoms with Gasteiger partial charge in [0.2, 0.25) is 5.91 Å². The lowest BCUT2D eigenvalue weighted by atomic mass is 10.0. The minimum absolute atomic E-state index is 0.105. The van der Waals surface area contributed by atoms with E-state index in [1.54, 1.807) is 18.2 Å². The zero-order valence-electron chi connectivity index (χ0n) is 14.5. The van der Waals surface area contributed by atoms with Gasteiger partial charge in [-0.05, 0) is 23.6 Å². The first-order chi connectivity index (χ1) is 12.5. The molecule has 1 atom stereocenters. The van der Waals surface area contributed by atoms with Gasteiger partial charge in [0.15, 0.2) is 0 Å². The van der Waals surface area contributed by atoms with Crippen molar-refractivity contribution in [2.75, 3.05) is 13.1 Å². The predicted molar refractivity (Wildman–Crippen MR) is 101 cm³/mol. The van der Waals surface area contributed by atoms with Gasteiger partial charge in [-0.3, -0.25) is 14.5 Å². The Kier molecular flexibility index (Phi) is 5.37. The number of carbonyl (C=O) groups is 1. The van der Waals surface area contributed by atoms with E-state index in [4.69, 9.17) is 0 Å². The van der Waals surface area contributed by atoms with Crippen molar-refractivity contribution in [1.29, 1.82) is 0 Å². The molecule has 0 unspecified atom stereocenters. The highest BCUT2D eigenvalue weighted by atomic mass is 32.2. The summed E-state index contributed by atoms with van der Waals surface area (Å²) in [6, 6.07) is 16.7. The highest BCUT2D eigenvalue weighted by Crippen LogP contribution is 2.22. The van der Waals surface area contributed by atoms with Crippen LogP contribution in [0.3, 0.4) is 0 Å². The Labute approximate surface area is 153 Å². The number of rotatable bonds is 6. The zero-order chi connectivity index (χ0) is 18.6. The van der Waals surface area contributed by atoms with E-state index in [1.807, 2.05) is 30.3 Å². The van der Waals surface area contributed by atoms with Crippen LogP contribution in [0.2, 0.25) is 0 Å². The average Bonchev–Trinajstić information content (AvgIpc) is 2.91. The number of amides is 1. The number of amidine groups is 1. The molecule has 7 heteroatoms. The molecule has 2 aromatic rings. The molecular formula is C19H21N3O3S. The summed E-state index contributed by atoms with van der Waals surface area (Å²) in [5, 5.41) is 2.89. The molecule has 1 aliphatic heterocycles. The molecule has 26 heavy (non-hydrogen) atoms. The van der Waals surface area contributed by atoms with Crippen LogP contribution in [0.4, 0.5) is 0 Å². The van der Waals surface area contributed by atoms with Crippen LogP contribution in [-0.4, -0.2) is 33.3 Å². The smallest absolute Gasteiger partial charge is 0.263 e. The Morgan fingerprint density at radius 2 is 1.81 bits per heavy atom. The Morgan fingerprint density at radius 3 is 2.58 bits per heavy atom. The molecule has 0 saturated carbocycles. The third kappa shape index (κ3) is 4.11. The van der Waals surface area contributed by atoms with Gasteiger partial charge >= 0.3 is 0 Å². The summed E-state index contributed by atoms with van der Waals surface area (Å²) < 4.78 is 26.4. The molecule has 1 heterocycles. The molecule has 6 nitrogen and oxygen atoms in total. The van der Waals surface area contributed by atoms with Crippen LogP contribution in [0.25, 0.3) is 0 Å². The molecule has 2 aromatic carbocycles. The van der Waals surface area contributed by atoms with E-state index in [1.165, 1.54) is 11.6 Å². The Balaban J connectivity index is 1.52. The molecule has 1 amide bonds. The Bertz CT molecular complexity index is 924. The molecule has 0 aromatic heterocycles. The average molecular weight is 371 g/mol. The largest absolute Gasteiger partial charge is 0.355 e. The van der Waals surface area contributed by atoms with Gasteiger partial charge in [-0.1, -0.05) is 49.4 Å². The SMILES string of the molecule is C[C@@H](CNC(=O)CCN=C1NS(=O)(=O)c2ccccc21)c1ccccc1. The van der Waals surface area contributed by atoms with Crippen LogP contribution in [0, 0.1) is 0 Å². The van der Waals surface area contributed by atoms with Crippen molar-refractivity contribution >= 4 is 21.8 Å². The molecule has 0 radical (unpaired) electrons. The van der Waals surface area contributed by atoms with Crippen molar-refractivity contribution in [2.45, 2.75) is 24.2 Å². The first-order valence-electron chi connectivity index (χ1n) is 8.45. The van der Waals surface area contributed by atoms with Crippen molar-refractivity contribution in [2.24, 2.45) is 4.99 Å². The van der Waals surface area contributed by atoms with E-state index >= 15 is 0 Å². The van der Waals surface area contributed by atoms with Crippen LogP contribution in [0.1, 0.15) is 30.4 Å². The summed E-state index contributed by atoms with van der Waals surface area (Å²) in [7, 11) is -3.54. The van der Waals surface area contributed by atoms with Gasteiger partial charge in [-0.15, -0.1) is 0 Å². The van der Waals surface area contributed by atoms with E-state index < -0.39 is 10.0 Å². The fourth-order valence-corrected chi connectivity index (χ4v) is 4.03. The molecule has 2 N–H and O–H groups in total. The topological polar surface area (TPSA) is 87.6 Å². The first-order valence-corrected chi connectivity index (χ1v) is 9.94. The summed E-state index contributed by atoms with van der Waals surface area (Å²) in [6.07, 6.45) is 0.203. The lowest BCUT2D eigenvalue weighted by molar-refractivity contribution is -0.120. The van der Waals surface area contributed by atoms with Crippen LogP contribution in [0.5, 0.6) is 0 Å². The maximum Gasteiger partial charge on any atom is 0.263 e. The van der Waals surface area contributed by atoms with Gasteiger partial charge in [-0.2, -0.15) is 0 Å². The second kappa shape index (κ2) is 7.70. The number of fused-ring (bicyclic) bond motifs is 1. The van der Waals surface area contributed by atoms with E-state index in [2.05, 4.69) is 22.0 Å². The lowest BCUT2D eigenvalue weighted by Crippen LogP contribution is -2.28. The number of nitrogens with zero attached hydrogens (tertiary/aromatic N) is 1. The summed E-state index contributed by atoms with van der Waals surface area (Å²) in [4.78, 5) is 16.5. The predicted octanol–water partition coefficient (Wildman–Crippen LogP) is 2.04. The van der Waals surface area contributed by atoms with Crippen LogP contribution >= 0.6 is 0 Å². The van der Waals surface area contributed by atoms with Crippen molar-refractivity contribution in [3.8, 4) is 0 Å². The quantitative estimate of drug-likeness (QED) is 0.814. The van der Waals surface area contributed by atoms with E-state index in [0.29, 0.717) is 17.9 Å². The Morgan fingerprint density at radius 1 is 1.12 bits per heavy atom. The molecule has 0 aliphatic carbocycles. The highest BCUT2D eigenvalue weighted by Gasteiger charge is 2.29. The first kappa shape index (κ1) is 18.1. The minimum Gasteiger partial charge on any atom is -0.355 e. The Hall–Kier alpha value is -2.67. The van der Waals surface area contributed by atoms with Crippen molar-refractivity contribution in [1.82, 2.24) is 10.0 Å². The summed E-state index contributed by atoms with van der Waals surface area (Å²) in [5.74, 6) is 0.414. The van der Waals surface area contributed by atoms with Crippen molar-refractivity contribution in [3.63, 3.8) is 0 Å². The number of hydrogen-bond donors (Lipinski definition) is 2. The fourth-order valence-electron chi connectivity index (χ4n) is 2.78. The van der Waals surface area contributed by atoms with Crippen LogP contribution < -0.4 is 10.0 Å². The third-order valence-electron chi connectivity index (χ3n) is 4.25. The fraction of sp³-hybridized carbons (Fsp3) is 0.263. The molecule has 0 bridgehead atoms. The van der Waals surface area contributed by atoms with Crippen LogP contribution in [0.15, 0.2) is 64.5 Å². The van der Waals surface area contributed by atoms with E-state index in [0.717, 1.165) is 0 Å². The number of carbonyl (C=O) groups excluding carboxylic acids is 1. The van der Waals surface area contributed by atoms with E-state index in [9.17, 15) is 13.2 Å². The lowest BCUT2D eigenvalue weighted by Gasteiger charge is -2.12. The number of aliphatic imine (C=N–C) groups is 1. The number of benzene rings is 2. The summed E-state index contributed by atoms with van der Waals surface area (Å²) in [6.45, 7) is 2.83. The minimum atomic E-state index is -3.54. The molecule has 0 spiro atoms. The summed E-state index contributed by atoms with van der Waals surface area (Å²) >= 11 is 0. The standard InChI is InChI=1S/C19H21N3O3S/c1-14(15-7-3-2-4-8-15)13-21-18(23)11-12-20-19-16-9-5-6-10-17(16)26(24,25)22-19/h2-10,14H,11-13H2,1H3,(H,20,22)(H,21,23)/t14-/m0/s1. The highest BCUT2D eigenvalue weighted by molar-refractivity contribution is 7.90. The number of hydrogen-bond acceptors (Lipinski definition) is 4. The molecule has 1 aliphatic rings. The molecule has 3 rings (SSSR count). The normalized spacial score (nSPS) is 17.3. The second-order valence-electron chi connectivity index (χ2n) is 6.20. The van der Waals surface area contributed by atoms with E-state index in [-0.39, 0.29) is 29.7 Å². The number of nitrogens with one attached hydrogen (secondary N) is 2. The molecule has 0 fully saturated rings. The molecule has 0 saturated heterocycles. The summed E-state index contributed by atoms with van der Waals surface area (Å²) in [5.41, 5.74) is 1.72. The van der Waals surface area contributed by atoms with Gasteiger partial charge in [0.25, 0.3) is 10.0 Å². The maximum absolute atomic E-state index is 12.0. The molecular weight excluding hydrogens is 350 g/mol. The van der Waals surface area contributed by atoms with Crippen LogP contribution in [-0.2, 0) is 14.8 Å². The second-order valence-corrected chi connectivity index (χ2v) is 7.85. The number of sulfonamides is 1. The zero-order valence-corrected chi connectivity index (χ0v) is 15.3. The maximum atomic E-state index is 12.0. The van der Waals surface area contributed by atoms with Crippen molar-refractivity contribution in [3.05, 3.63) is 65.7 Å². The van der Waals surface area contributed by atoms with Crippen molar-refractivity contribution < 1.29 is 13.2 Å². The van der Waals surface area contributed by atoms with Gasteiger partial charge in [0, 0.05) is 18.5 Å². The molecule has 136 valence electrons. The van der Waals surface area contributed by atoms with Gasteiger partial charge in [-0.25, -0.2) is 8.42 Å². The van der Waals surface area contributed by atoms with Gasteiger partial charge < -0.3 is 5.32 Å². The van der Waals surface area contributed by atoms with Gasteiger partial charge in [0.05, 0.1) is 11.4 Å². The monoisotopic (exact) mass is 371 g/mol. The van der Waals surface area contributed by atoms with Gasteiger partial charge in [0.1, 0.15) is 5.84 Å².